The van der Waals surface area contributed by atoms with Crippen LogP contribution in [0.2, 0.25) is 5.02 Å². The Morgan fingerprint density at radius 2 is 1.93 bits per heavy atom. The fourth-order valence-electron chi connectivity index (χ4n) is 3.16. The standard InChI is InChI=1S/C19H20ClN5O2S/c20-15-2-1-3-16(11-15)23-6-8-24(9-7-23)18-5-4-17(25(26)27)10-14(18)12-22-13-19(21)28/h1-5,10-12H,6-9,13H2,(H2,21,28). The van der Waals surface area contributed by atoms with Gasteiger partial charge in [0.05, 0.1) is 16.5 Å². The highest BCUT2D eigenvalue weighted by Gasteiger charge is 2.21. The van der Waals surface area contributed by atoms with Gasteiger partial charge in [-0.15, -0.1) is 0 Å². The number of non-ortho nitro benzene ring substituents is 1. The summed E-state index contributed by atoms with van der Waals surface area (Å²) in [6.45, 7) is 3.41. The molecule has 28 heavy (non-hydrogen) atoms. The van der Waals surface area contributed by atoms with Crippen LogP contribution in [0.3, 0.4) is 0 Å². The Morgan fingerprint density at radius 1 is 1.21 bits per heavy atom. The van der Waals surface area contributed by atoms with Gasteiger partial charge < -0.3 is 15.5 Å². The van der Waals surface area contributed by atoms with E-state index in [9.17, 15) is 10.1 Å². The van der Waals surface area contributed by atoms with Crippen molar-refractivity contribution in [2.24, 2.45) is 10.7 Å². The topological polar surface area (TPSA) is 88.0 Å². The fraction of sp³-hybridized carbons (Fsp3) is 0.263. The van der Waals surface area contributed by atoms with Gasteiger partial charge in [-0.2, -0.15) is 0 Å². The minimum absolute atomic E-state index is 0.0260. The number of piperazine rings is 1. The number of aliphatic imine (C=N–C) groups is 1. The first-order valence-electron chi connectivity index (χ1n) is 8.76. The van der Waals surface area contributed by atoms with Crippen molar-refractivity contribution < 1.29 is 4.92 Å². The molecule has 1 fully saturated rings. The van der Waals surface area contributed by atoms with Crippen molar-refractivity contribution in [3.63, 3.8) is 0 Å². The number of rotatable bonds is 6. The van der Waals surface area contributed by atoms with E-state index in [0.29, 0.717) is 10.6 Å². The minimum Gasteiger partial charge on any atom is -0.392 e. The van der Waals surface area contributed by atoms with E-state index in [4.69, 9.17) is 29.6 Å². The molecule has 0 aliphatic carbocycles. The van der Waals surface area contributed by atoms with E-state index in [1.807, 2.05) is 24.3 Å². The molecule has 9 heteroatoms. The van der Waals surface area contributed by atoms with Crippen LogP contribution in [-0.4, -0.2) is 48.9 Å². The van der Waals surface area contributed by atoms with E-state index < -0.39 is 4.92 Å². The van der Waals surface area contributed by atoms with Crippen molar-refractivity contribution in [2.75, 3.05) is 42.5 Å². The highest BCUT2D eigenvalue weighted by Crippen LogP contribution is 2.27. The largest absolute Gasteiger partial charge is 0.392 e. The zero-order valence-electron chi connectivity index (χ0n) is 15.1. The first-order chi connectivity index (χ1) is 13.4. The Bertz CT molecular complexity index is 913. The monoisotopic (exact) mass is 417 g/mol. The Morgan fingerprint density at radius 3 is 2.57 bits per heavy atom. The molecule has 1 heterocycles. The van der Waals surface area contributed by atoms with Crippen LogP contribution in [-0.2, 0) is 0 Å². The first kappa shape index (κ1) is 20.0. The van der Waals surface area contributed by atoms with Gasteiger partial charge in [-0.05, 0) is 24.3 Å². The fourth-order valence-corrected chi connectivity index (χ4v) is 3.42. The SMILES string of the molecule is NC(=S)CN=Cc1cc([N+](=O)[O-])ccc1N1CCN(c2cccc(Cl)c2)CC1. The van der Waals surface area contributed by atoms with Gasteiger partial charge in [0.25, 0.3) is 5.69 Å². The van der Waals surface area contributed by atoms with E-state index in [-0.39, 0.29) is 17.2 Å². The van der Waals surface area contributed by atoms with Crippen molar-refractivity contribution in [1.29, 1.82) is 0 Å². The number of nitro groups is 1. The van der Waals surface area contributed by atoms with Crippen LogP contribution < -0.4 is 15.5 Å². The second-order valence-corrected chi connectivity index (χ2v) is 7.35. The van der Waals surface area contributed by atoms with Crippen LogP contribution in [0.1, 0.15) is 5.56 Å². The molecule has 1 aliphatic rings. The van der Waals surface area contributed by atoms with E-state index >= 15 is 0 Å². The summed E-state index contributed by atoms with van der Waals surface area (Å²) >= 11 is 10.9. The van der Waals surface area contributed by atoms with Gasteiger partial charge >= 0.3 is 0 Å². The van der Waals surface area contributed by atoms with Crippen molar-refractivity contribution >= 4 is 52.1 Å². The maximum absolute atomic E-state index is 11.1. The lowest BCUT2D eigenvalue weighted by Gasteiger charge is -2.38. The van der Waals surface area contributed by atoms with Crippen molar-refractivity contribution in [1.82, 2.24) is 0 Å². The number of halogens is 1. The number of nitro benzene ring substituents is 1. The quantitative estimate of drug-likeness (QED) is 0.336. The number of anilines is 2. The summed E-state index contributed by atoms with van der Waals surface area (Å²) in [4.78, 5) is 19.7. The Hall–Kier alpha value is -2.71. The van der Waals surface area contributed by atoms with Crippen LogP contribution in [0.5, 0.6) is 0 Å². The van der Waals surface area contributed by atoms with Gasteiger partial charge in [0.2, 0.25) is 0 Å². The molecule has 0 aromatic heterocycles. The molecule has 0 saturated carbocycles. The first-order valence-corrected chi connectivity index (χ1v) is 9.54. The lowest BCUT2D eigenvalue weighted by Crippen LogP contribution is -2.46. The van der Waals surface area contributed by atoms with Gasteiger partial charge in [-0.3, -0.25) is 15.1 Å². The molecule has 3 rings (SSSR count). The molecular weight excluding hydrogens is 398 g/mol. The van der Waals surface area contributed by atoms with Gasteiger partial charge in [0.15, 0.2) is 0 Å². The smallest absolute Gasteiger partial charge is 0.270 e. The molecular formula is C19H20ClN5O2S. The number of thiocarbonyl (C=S) groups is 1. The van der Waals surface area contributed by atoms with E-state index in [0.717, 1.165) is 37.6 Å². The van der Waals surface area contributed by atoms with E-state index in [2.05, 4.69) is 14.8 Å². The number of hydrogen-bond donors (Lipinski definition) is 1. The third kappa shape index (κ3) is 4.96. The minimum atomic E-state index is -0.411. The number of benzene rings is 2. The van der Waals surface area contributed by atoms with E-state index in [1.54, 1.807) is 12.3 Å². The number of nitrogens with zero attached hydrogens (tertiary/aromatic N) is 4. The van der Waals surface area contributed by atoms with Gasteiger partial charge in [-0.25, -0.2) is 0 Å². The molecule has 0 spiro atoms. The van der Waals surface area contributed by atoms with Gasteiger partial charge in [0, 0.05) is 66.5 Å². The van der Waals surface area contributed by atoms with Crippen molar-refractivity contribution in [2.45, 2.75) is 0 Å². The predicted molar refractivity (Wildman–Crippen MR) is 118 cm³/mol. The molecule has 0 unspecified atom stereocenters. The predicted octanol–water partition coefficient (Wildman–Crippen LogP) is 3.28. The Balaban J connectivity index is 1.78. The summed E-state index contributed by atoms with van der Waals surface area (Å²) in [6.07, 6.45) is 1.60. The number of nitrogens with two attached hydrogens (primary N) is 1. The van der Waals surface area contributed by atoms with Crippen LogP contribution >= 0.6 is 23.8 Å². The molecule has 0 bridgehead atoms. The summed E-state index contributed by atoms with van der Waals surface area (Å²) in [5.74, 6) is 0. The highest BCUT2D eigenvalue weighted by atomic mass is 35.5. The van der Waals surface area contributed by atoms with Crippen molar-refractivity contribution in [3.05, 3.63) is 63.2 Å². The summed E-state index contributed by atoms with van der Waals surface area (Å²) in [7, 11) is 0. The molecule has 7 nitrogen and oxygen atoms in total. The normalized spacial score (nSPS) is 14.5. The van der Waals surface area contributed by atoms with Crippen LogP contribution in [0, 0.1) is 10.1 Å². The Labute approximate surface area is 173 Å². The maximum Gasteiger partial charge on any atom is 0.270 e. The molecule has 1 aliphatic heterocycles. The third-order valence-corrected chi connectivity index (χ3v) is 4.86. The summed E-state index contributed by atoms with van der Waals surface area (Å²) < 4.78 is 0. The molecule has 0 amide bonds. The summed E-state index contributed by atoms with van der Waals surface area (Å²) in [5, 5.41) is 11.9. The van der Waals surface area contributed by atoms with Gasteiger partial charge in [-0.1, -0.05) is 29.9 Å². The van der Waals surface area contributed by atoms with Crippen LogP contribution in [0.25, 0.3) is 0 Å². The molecule has 0 atom stereocenters. The molecule has 2 aromatic rings. The lowest BCUT2D eigenvalue weighted by atomic mass is 10.1. The average molecular weight is 418 g/mol. The summed E-state index contributed by atoms with van der Waals surface area (Å²) in [5.41, 5.74) is 8.19. The maximum atomic E-state index is 11.1. The molecule has 2 N–H and O–H groups in total. The molecule has 0 radical (unpaired) electrons. The van der Waals surface area contributed by atoms with Crippen LogP contribution in [0.15, 0.2) is 47.5 Å². The third-order valence-electron chi connectivity index (χ3n) is 4.49. The number of hydrogen-bond acceptors (Lipinski definition) is 6. The zero-order chi connectivity index (χ0) is 20.1. The lowest BCUT2D eigenvalue weighted by molar-refractivity contribution is -0.384. The average Bonchev–Trinajstić information content (AvgIpc) is 2.68. The van der Waals surface area contributed by atoms with Gasteiger partial charge in [0.1, 0.15) is 0 Å². The molecule has 1 saturated heterocycles. The molecule has 2 aromatic carbocycles. The summed E-state index contributed by atoms with van der Waals surface area (Å²) in [6, 6.07) is 12.6. The van der Waals surface area contributed by atoms with E-state index in [1.165, 1.54) is 12.1 Å². The highest BCUT2D eigenvalue weighted by molar-refractivity contribution is 7.80. The van der Waals surface area contributed by atoms with Crippen molar-refractivity contribution in [3.8, 4) is 0 Å². The second-order valence-electron chi connectivity index (χ2n) is 6.39. The molecule has 146 valence electrons. The zero-order valence-corrected chi connectivity index (χ0v) is 16.7. The van der Waals surface area contributed by atoms with Crippen LogP contribution in [0.4, 0.5) is 17.1 Å². The second kappa shape index (κ2) is 8.99. The Kier molecular flexibility index (Phi) is 6.43.